The first-order valence-corrected chi connectivity index (χ1v) is 10.2. The summed E-state index contributed by atoms with van der Waals surface area (Å²) in [6.45, 7) is 3.78. The predicted octanol–water partition coefficient (Wildman–Crippen LogP) is 3.69. The largest absolute Gasteiger partial charge is 0.504 e. The lowest BCUT2D eigenvalue weighted by molar-refractivity contribution is 0.0600. The second-order valence-electron chi connectivity index (χ2n) is 7.32. The highest BCUT2D eigenvalue weighted by atomic mass is 16.5. The van der Waals surface area contributed by atoms with E-state index in [1.807, 2.05) is 24.3 Å². The van der Waals surface area contributed by atoms with Gasteiger partial charge in [0, 0.05) is 18.2 Å². The second-order valence-corrected chi connectivity index (χ2v) is 7.32. The molecule has 0 atom stereocenters. The standard InChI is InChI=1S/C24H26N4O4/c1-5-6-16-7-9-17(10-8-16)21-22(29)20(27-28(21)3)15(2)25-26-23(30)18-11-13-19(14-12-18)24(31)32-4/h7-14,29H,5-6H2,1-4H3,(H,26,30). The van der Waals surface area contributed by atoms with Crippen LogP contribution in [0.2, 0.25) is 0 Å². The van der Waals surface area contributed by atoms with Crippen molar-refractivity contribution in [2.45, 2.75) is 26.7 Å². The molecule has 1 heterocycles. The summed E-state index contributed by atoms with van der Waals surface area (Å²) in [5.74, 6) is -0.941. The number of nitrogens with zero attached hydrogens (tertiary/aromatic N) is 3. The number of carbonyl (C=O) groups is 2. The number of hydrogen-bond acceptors (Lipinski definition) is 6. The Bertz CT molecular complexity index is 1150. The molecule has 3 aromatic rings. The van der Waals surface area contributed by atoms with Crippen molar-refractivity contribution in [1.29, 1.82) is 0 Å². The van der Waals surface area contributed by atoms with Gasteiger partial charge in [-0.15, -0.1) is 0 Å². The maximum absolute atomic E-state index is 12.4. The fourth-order valence-corrected chi connectivity index (χ4v) is 3.33. The minimum Gasteiger partial charge on any atom is -0.504 e. The lowest BCUT2D eigenvalue weighted by Gasteiger charge is -2.05. The van der Waals surface area contributed by atoms with Crippen LogP contribution in [0.5, 0.6) is 5.75 Å². The van der Waals surface area contributed by atoms with Crippen LogP contribution < -0.4 is 5.43 Å². The number of nitrogens with one attached hydrogen (secondary N) is 1. The van der Waals surface area contributed by atoms with Gasteiger partial charge in [0.15, 0.2) is 11.4 Å². The van der Waals surface area contributed by atoms with E-state index in [2.05, 4.69) is 27.3 Å². The first kappa shape index (κ1) is 22.7. The number of aromatic nitrogens is 2. The number of methoxy groups -OCH3 is 1. The number of benzene rings is 2. The van der Waals surface area contributed by atoms with Gasteiger partial charge in [-0.2, -0.15) is 10.2 Å². The SMILES string of the molecule is CCCc1ccc(-c2c(O)c(C(C)=NNC(=O)c3ccc(C(=O)OC)cc3)nn2C)cc1. The van der Waals surface area contributed by atoms with Crippen LogP contribution in [-0.2, 0) is 18.2 Å². The molecule has 0 aliphatic heterocycles. The molecule has 0 aliphatic carbocycles. The normalized spacial score (nSPS) is 11.3. The van der Waals surface area contributed by atoms with Gasteiger partial charge in [-0.1, -0.05) is 37.6 Å². The quantitative estimate of drug-likeness (QED) is 0.335. The third-order valence-electron chi connectivity index (χ3n) is 5.02. The van der Waals surface area contributed by atoms with E-state index in [4.69, 9.17) is 0 Å². The van der Waals surface area contributed by atoms with Gasteiger partial charge in [0.1, 0.15) is 5.69 Å². The highest BCUT2D eigenvalue weighted by Crippen LogP contribution is 2.32. The summed E-state index contributed by atoms with van der Waals surface area (Å²) in [6.07, 6.45) is 2.07. The molecule has 1 aromatic heterocycles. The minimum absolute atomic E-state index is 0.00586. The first-order chi connectivity index (χ1) is 15.3. The molecule has 0 saturated carbocycles. The van der Waals surface area contributed by atoms with Crippen molar-refractivity contribution in [2.75, 3.05) is 7.11 Å². The molecule has 1 amide bonds. The van der Waals surface area contributed by atoms with Gasteiger partial charge in [0.2, 0.25) is 0 Å². The molecular weight excluding hydrogens is 408 g/mol. The molecule has 8 heteroatoms. The van der Waals surface area contributed by atoms with E-state index in [9.17, 15) is 14.7 Å². The molecule has 2 aromatic carbocycles. The van der Waals surface area contributed by atoms with Crippen LogP contribution in [0.25, 0.3) is 11.3 Å². The summed E-state index contributed by atoms with van der Waals surface area (Å²) in [5, 5.41) is 19.2. The molecule has 0 bridgehead atoms. The highest BCUT2D eigenvalue weighted by molar-refractivity contribution is 6.02. The van der Waals surface area contributed by atoms with E-state index < -0.39 is 11.9 Å². The molecule has 166 valence electrons. The third kappa shape index (κ3) is 4.85. The number of ether oxygens (including phenoxy) is 1. The van der Waals surface area contributed by atoms with E-state index in [-0.39, 0.29) is 11.4 Å². The Morgan fingerprint density at radius 2 is 1.72 bits per heavy atom. The van der Waals surface area contributed by atoms with E-state index in [0.29, 0.717) is 22.5 Å². The van der Waals surface area contributed by atoms with Crippen molar-refractivity contribution in [1.82, 2.24) is 15.2 Å². The maximum Gasteiger partial charge on any atom is 0.337 e. The molecule has 32 heavy (non-hydrogen) atoms. The van der Waals surface area contributed by atoms with Crippen LogP contribution in [0.3, 0.4) is 0 Å². The van der Waals surface area contributed by atoms with Crippen molar-refractivity contribution in [3.8, 4) is 17.0 Å². The Labute approximate surface area is 186 Å². The van der Waals surface area contributed by atoms with Crippen molar-refractivity contribution >= 4 is 17.6 Å². The monoisotopic (exact) mass is 434 g/mol. The first-order valence-electron chi connectivity index (χ1n) is 10.2. The molecule has 3 rings (SSSR count). The van der Waals surface area contributed by atoms with Gasteiger partial charge in [-0.3, -0.25) is 9.48 Å². The van der Waals surface area contributed by atoms with Crippen molar-refractivity contribution in [3.05, 3.63) is 70.9 Å². The van der Waals surface area contributed by atoms with Gasteiger partial charge in [-0.05, 0) is 43.2 Å². The van der Waals surface area contributed by atoms with Crippen molar-refractivity contribution < 1.29 is 19.4 Å². The predicted molar refractivity (Wildman–Crippen MR) is 122 cm³/mol. The average molecular weight is 434 g/mol. The fraction of sp³-hybridized carbons (Fsp3) is 0.250. The summed E-state index contributed by atoms with van der Waals surface area (Å²) in [7, 11) is 3.04. The second kappa shape index (κ2) is 9.91. The number of aryl methyl sites for hydroxylation is 2. The summed E-state index contributed by atoms with van der Waals surface area (Å²) >= 11 is 0. The molecular formula is C24H26N4O4. The summed E-state index contributed by atoms with van der Waals surface area (Å²) < 4.78 is 6.23. The third-order valence-corrected chi connectivity index (χ3v) is 5.02. The van der Waals surface area contributed by atoms with Crippen LogP contribution in [0.15, 0.2) is 53.6 Å². The van der Waals surface area contributed by atoms with Crippen LogP contribution in [-0.4, -0.2) is 39.6 Å². The van der Waals surface area contributed by atoms with Gasteiger partial charge in [-0.25, -0.2) is 10.2 Å². The minimum atomic E-state index is -0.479. The van der Waals surface area contributed by atoms with Gasteiger partial charge < -0.3 is 9.84 Å². The van der Waals surface area contributed by atoms with Crippen LogP contribution in [0.4, 0.5) is 0 Å². The lowest BCUT2D eigenvalue weighted by Crippen LogP contribution is -2.19. The van der Waals surface area contributed by atoms with E-state index >= 15 is 0 Å². The smallest absolute Gasteiger partial charge is 0.337 e. The molecule has 8 nitrogen and oxygen atoms in total. The fourth-order valence-electron chi connectivity index (χ4n) is 3.33. The van der Waals surface area contributed by atoms with Crippen molar-refractivity contribution in [3.63, 3.8) is 0 Å². The molecule has 0 unspecified atom stereocenters. The van der Waals surface area contributed by atoms with Crippen LogP contribution in [0.1, 0.15) is 52.2 Å². The number of carbonyl (C=O) groups excluding carboxylic acids is 2. The molecule has 0 spiro atoms. The molecule has 0 aliphatic rings. The van der Waals surface area contributed by atoms with Crippen LogP contribution >= 0.6 is 0 Å². The number of esters is 1. The zero-order valence-electron chi connectivity index (χ0n) is 18.5. The Morgan fingerprint density at radius 1 is 1.09 bits per heavy atom. The molecule has 2 N–H and O–H groups in total. The topological polar surface area (TPSA) is 106 Å². The Kier molecular flexibility index (Phi) is 7.04. The maximum atomic E-state index is 12.4. The molecule has 0 fully saturated rings. The number of hydrazone groups is 1. The van der Waals surface area contributed by atoms with E-state index in [1.54, 1.807) is 18.7 Å². The summed E-state index contributed by atoms with van der Waals surface area (Å²) in [6, 6.07) is 14.0. The number of aromatic hydroxyl groups is 1. The average Bonchev–Trinajstić information content (AvgIpc) is 3.11. The van der Waals surface area contributed by atoms with Crippen molar-refractivity contribution in [2.24, 2.45) is 12.1 Å². The lowest BCUT2D eigenvalue weighted by atomic mass is 10.0. The highest BCUT2D eigenvalue weighted by Gasteiger charge is 2.19. The Balaban J connectivity index is 1.77. The molecule has 0 saturated heterocycles. The zero-order chi connectivity index (χ0) is 23.3. The number of rotatable bonds is 7. The summed E-state index contributed by atoms with van der Waals surface area (Å²) in [4.78, 5) is 23.9. The van der Waals surface area contributed by atoms with E-state index in [1.165, 1.54) is 36.9 Å². The van der Waals surface area contributed by atoms with Crippen LogP contribution in [0, 0.1) is 0 Å². The number of amides is 1. The van der Waals surface area contributed by atoms with Gasteiger partial charge in [0.05, 0.1) is 18.4 Å². The van der Waals surface area contributed by atoms with Gasteiger partial charge in [0.25, 0.3) is 5.91 Å². The van der Waals surface area contributed by atoms with Gasteiger partial charge >= 0.3 is 5.97 Å². The Morgan fingerprint density at radius 3 is 2.31 bits per heavy atom. The Hall–Kier alpha value is -3.94. The summed E-state index contributed by atoms with van der Waals surface area (Å²) in [5.41, 5.74) is 6.40. The zero-order valence-corrected chi connectivity index (χ0v) is 18.5. The number of hydrogen-bond donors (Lipinski definition) is 2. The molecule has 0 radical (unpaired) electrons. The van der Waals surface area contributed by atoms with E-state index in [0.717, 1.165) is 18.4 Å².